The summed E-state index contributed by atoms with van der Waals surface area (Å²) in [4.78, 5) is 23.9. The SMILES string of the molecule is COc1ccc(C(=O)N(Cc2ccccn2)c2nc3ccc(F)cc3s2)cc1OC. The maximum absolute atomic E-state index is 13.6. The second-order valence-electron chi connectivity index (χ2n) is 6.39. The van der Waals surface area contributed by atoms with Crippen molar-refractivity contribution in [3.8, 4) is 11.5 Å². The molecule has 0 bridgehead atoms. The van der Waals surface area contributed by atoms with Gasteiger partial charge in [-0.3, -0.25) is 14.7 Å². The first kappa shape index (κ1) is 19.8. The van der Waals surface area contributed by atoms with Crippen LogP contribution >= 0.6 is 11.3 Å². The molecule has 4 aromatic rings. The van der Waals surface area contributed by atoms with Gasteiger partial charge < -0.3 is 9.47 Å². The first-order valence-corrected chi connectivity index (χ1v) is 9.90. The fourth-order valence-electron chi connectivity index (χ4n) is 3.01. The number of pyridine rings is 1. The van der Waals surface area contributed by atoms with Crippen LogP contribution < -0.4 is 14.4 Å². The Bertz CT molecular complexity index is 1200. The van der Waals surface area contributed by atoms with Crippen LogP contribution in [0, 0.1) is 5.82 Å². The van der Waals surface area contributed by atoms with Crippen LogP contribution in [0.1, 0.15) is 16.1 Å². The van der Waals surface area contributed by atoms with E-state index >= 15 is 0 Å². The van der Waals surface area contributed by atoms with Crippen LogP contribution in [0.4, 0.5) is 9.52 Å². The number of anilines is 1. The van der Waals surface area contributed by atoms with Crippen LogP contribution in [0.15, 0.2) is 60.8 Å². The average molecular weight is 423 g/mol. The fraction of sp³-hybridized carbons (Fsp3) is 0.136. The van der Waals surface area contributed by atoms with Gasteiger partial charge in [-0.15, -0.1) is 0 Å². The van der Waals surface area contributed by atoms with E-state index in [1.54, 1.807) is 30.5 Å². The maximum Gasteiger partial charge on any atom is 0.260 e. The van der Waals surface area contributed by atoms with E-state index in [1.165, 1.54) is 42.6 Å². The first-order valence-electron chi connectivity index (χ1n) is 9.09. The zero-order chi connectivity index (χ0) is 21.1. The summed E-state index contributed by atoms with van der Waals surface area (Å²) in [5.41, 5.74) is 1.74. The highest BCUT2D eigenvalue weighted by atomic mass is 32.1. The van der Waals surface area contributed by atoms with Crippen LogP contribution in [-0.4, -0.2) is 30.1 Å². The molecule has 0 unspecified atom stereocenters. The van der Waals surface area contributed by atoms with Gasteiger partial charge in [-0.25, -0.2) is 9.37 Å². The number of aromatic nitrogens is 2. The number of carbonyl (C=O) groups is 1. The van der Waals surface area contributed by atoms with Gasteiger partial charge in [0.05, 0.1) is 36.7 Å². The van der Waals surface area contributed by atoms with Crippen LogP contribution in [-0.2, 0) is 6.54 Å². The molecule has 8 heteroatoms. The van der Waals surface area contributed by atoms with Crippen molar-refractivity contribution < 1.29 is 18.7 Å². The molecule has 0 atom stereocenters. The van der Waals surface area contributed by atoms with E-state index in [9.17, 15) is 9.18 Å². The van der Waals surface area contributed by atoms with Crippen molar-refractivity contribution in [2.45, 2.75) is 6.54 Å². The number of methoxy groups -OCH3 is 2. The summed E-state index contributed by atoms with van der Waals surface area (Å²) in [5.74, 6) is 0.356. The van der Waals surface area contributed by atoms with E-state index in [1.807, 2.05) is 18.2 Å². The van der Waals surface area contributed by atoms with E-state index in [0.29, 0.717) is 38.1 Å². The van der Waals surface area contributed by atoms with Crippen molar-refractivity contribution in [3.63, 3.8) is 0 Å². The van der Waals surface area contributed by atoms with Crippen molar-refractivity contribution in [1.82, 2.24) is 9.97 Å². The Morgan fingerprint density at radius 1 is 1.07 bits per heavy atom. The first-order chi connectivity index (χ1) is 14.6. The maximum atomic E-state index is 13.6. The highest BCUT2D eigenvalue weighted by Gasteiger charge is 2.23. The van der Waals surface area contributed by atoms with Gasteiger partial charge in [-0.2, -0.15) is 0 Å². The van der Waals surface area contributed by atoms with Gasteiger partial charge in [0.15, 0.2) is 16.6 Å². The molecule has 152 valence electrons. The minimum atomic E-state index is -0.347. The zero-order valence-corrected chi connectivity index (χ0v) is 17.1. The van der Waals surface area contributed by atoms with Gasteiger partial charge >= 0.3 is 0 Å². The second-order valence-corrected chi connectivity index (χ2v) is 7.40. The number of hydrogen-bond acceptors (Lipinski definition) is 6. The smallest absolute Gasteiger partial charge is 0.260 e. The lowest BCUT2D eigenvalue weighted by molar-refractivity contribution is 0.0984. The highest BCUT2D eigenvalue weighted by molar-refractivity contribution is 7.22. The van der Waals surface area contributed by atoms with Crippen LogP contribution in [0.5, 0.6) is 11.5 Å². The molecule has 30 heavy (non-hydrogen) atoms. The lowest BCUT2D eigenvalue weighted by atomic mass is 10.1. The van der Waals surface area contributed by atoms with Crippen molar-refractivity contribution in [2.75, 3.05) is 19.1 Å². The van der Waals surface area contributed by atoms with Crippen molar-refractivity contribution in [1.29, 1.82) is 0 Å². The van der Waals surface area contributed by atoms with E-state index in [0.717, 1.165) is 0 Å². The minimum absolute atomic E-state index is 0.219. The summed E-state index contributed by atoms with van der Waals surface area (Å²) in [7, 11) is 3.05. The molecular weight excluding hydrogens is 405 g/mol. The standard InChI is InChI=1S/C22H18FN3O3S/c1-28-18-9-6-14(11-19(18)29-2)21(27)26(13-16-5-3-4-10-24-16)22-25-17-8-7-15(23)12-20(17)30-22/h3-12H,13H2,1-2H3. The van der Waals surface area contributed by atoms with Gasteiger partial charge in [-0.1, -0.05) is 17.4 Å². The Balaban J connectivity index is 1.77. The molecule has 0 radical (unpaired) electrons. The molecule has 0 spiro atoms. The van der Waals surface area contributed by atoms with Gasteiger partial charge in [0.2, 0.25) is 0 Å². The van der Waals surface area contributed by atoms with Crippen LogP contribution in [0.25, 0.3) is 10.2 Å². The summed E-state index contributed by atoms with van der Waals surface area (Å²) in [6.07, 6.45) is 1.67. The van der Waals surface area contributed by atoms with Gasteiger partial charge in [0.1, 0.15) is 5.82 Å². The fourth-order valence-corrected chi connectivity index (χ4v) is 3.99. The molecule has 2 aromatic carbocycles. The van der Waals surface area contributed by atoms with Crippen LogP contribution in [0.3, 0.4) is 0 Å². The van der Waals surface area contributed by atoms with Gasteiger partial charge in [0.25, 0.3) is 5.91 Å². The number of benzene rings is 2. The van der Waals surface area contributed by atoms with Gasteiger partial charge in [-0.05, 0) is 48.5 Å². The second kappa shape index (κ2) is 8.46. The number of rotatable bonds is 6. The molecule has 0 aliphatic carbocycles. The predicted molar refractivity (Wildman–Crippen MR) is 114 cm³/mol. The molecular formula is C22H18FN3O3S. The zero-order valence-electron chi connectivity index (χ0n) is 16.3. The minimum Gasteiger partial charge on any atom is -0.493 e. The normalized spacial score (nSPS) is 10.8. The Morgan fingerprint density at radius 3 is 2.63 bits per heavy atom. The van der Waals surface area contributed by atoms with E-state index in [4.69, 9.17) is 9.47 Å². The summed E-state index contributed by atoms with van der Waals surface area (Å²) < 4.78 is 24.9. The van der Waals surface area contributed by atoms with Crippen molar-refractivity contribution in [3.05, 3.63) is 77.9 Å². The van der Waals surface area contributed by atoms with Crippen LogP contribution in [0.2, 0.25) is 0 Å². The summed E-state index contributed by atoms with van der Waals surface area (Å²) in [6, 6.07) is 14.8. The monoisotopic (exact) mass is 423 g/mol. The third-order valence-corrected chi connectivity index (χ3v) is 5.53. The summed E-state index contributed by atoms with van der Waals surface area (Å²) >= 11 is 1.25. The largest absolute Gasteiger partial charge is 0.493 e. The molecule has 0 N–H and O–H groups in total. The number of nitrogens with zero attached hydrogens (tertiary/aromatic N) is 3. The lowest BCUT2D eigenvalue weighted by Gasteiger charge is -2.20. The Morgan fingerprint density at radius 2 is 1.90 bits per heavy atom. The average Bonchev–Trinajstić information content (AvgIpc) is 3.20. The number of ether oxygens (including phenoxy) is 2. The quantitative estimate of drug-likeness (QED) is 0.450. The number of fused-ring (bicyclic) bond motifs is 1. The molecule has 2 aromatic heterocycles. The van der Waals surface area contributed by atoms with E-state index in [-0.39, 0.29) is 18.3 Å². The predicted octanol–water partition coefficient (Wildman–Crippen LogP) is 4.69. The molecule has 1 amide bonds. The molecule has 0 saturated carbocycles. The topological polar surface area (TPSA) is 64.5 Å². The number of hydrogen-bond donors (Lipinski definition) is 0. The Hall–Kier alpha value is -3.52. The number of amides is 1. The van der Waals surface area contributed by atoms with E-state index < -0.39 is 0 Å². The molecule has 6 nitrogen and oxygen atoms in total. The van der Waals surface area contributed by atoms with E-state index in [2.05, 4.69) is 9.97 Å². The number of carbonyl (C=O) groups excluding carboxylic acids is 1. The lowest BCUT2D eigenvalue weighted by Crippen LogP contribution is -2.30. The molecule has 2 heterocycles. The highest BCUT2D eigenvalue weighted by Crippen LogP contribution is 2.33. The molecule has 0 aliphatic heterocycles. The summed E-state index contributed by atoms with van der Waals surface area (Å²) in [5, 5.41) is 0.459. The van der Waals surface area contributed by atoms with Crippen molar-refractivity contribution in [2.24, 2.45) is 0 Å². The molecule has 0 saturated heterocycles. The molecule has 4 rings (SSSR count). The summed E-state index contributed by atoms with van der Waals surface area (Å²) in [6.45, 7) is 0.219. The van der Waals surface area contributed by atoms with Crippen molar-refractivity contribution >= 4 is 32.6 Å². The third kappa shape index (κ3) is 3.95. The Labute approximate surface area is 176 Å². The molecule has 0 fully saturated rings. The van der Waals surface area contributed by atoms with Gasteiger partial charge in [0, 0.05) is 11.8 Å². The third-order valence-electron chi connectivity index (χ3n) is 4.49. The molecule has 0 aliphatic rings. The number of halogens is 1. The number of thiazole rings is 1. The Kier molecular flexibility index (Phi) is 5.58.